The van der Waals surface area contributed by atoms with Crippen molar-refractivity contribution < 1.29 is 28.5 Å². The summed E-state index contributed by atoms with van der Waals surface area (Å²) in [4.78, 5) is 21.7. The topological polar surface area (TPSA) is 97.1 Å². The van der Waals surface area contributed by atoms with Crippen molar-refractivity contribution in [1.29, 1.82) is 0 Å². The monoisotopic (exact) mass is 297 g/mol. The van der Waals surface area contributed by atoms with Crippen LogP contribution >= 0.6 is 0 Å². The highest BCUT2D eigenvalue weighted by molar-refractivity contribution is 5.66. The molecule has 1 atom stereocenters. The van der Waals surface area contributed by atoms with E-state index in [0.29, 0.717) is 11.5 Å². The third-order valence-electron chi connectivity index (χ3n) is 2.80. The van der Waals surface area contributed by atoms with Crippen molar-refractivity contribution in [3.63, 3.8) is 0 Å². The van der Waals surface area contributed by atoms with Gasteiger partial charge in [-0.05, 0) is 6.07 Å². The number of rotatable bonds is 7. The number of carbonyl (C=O) groups excluding carboxylic acids is 2. The zero-order valence-electron chi connectivity index (χ0n) is 12.3. The van der Waals surface area contributed by atoms with E-state index in [1.54, 1.807) is 25.3 Å². The molecule has 1 aromatic rings. The van der Waals surface area contributed by atoms with E-state index < -0.39 is 12.1 Å². The second kappa shape index (κ2) is 7.98. The summed E-state index contributed by atoms with van der Waals surface area (Å²) >= 11 is 0. The molecule has 2 N–H and O–H groups in total. The Labute approximate surface area is 122 Å². The van der Waals surface area contributed by atoms with Crippen LogP contribution in [0.25, 0.3) is 0 Å². The first-order chi connectivity index (χ1) is 9.97. The fourth-order valence-corrected chi connectivity index (χ4v) is 1.78. The van der Waals surface area contributed by atoms with Crippen molar-refractivity contribution in [2.24, 2.45) is 5.73 Å². The van der Waals surface area contributed by atoms with E-state index in [-0.39, 0.29) is 19.1 Å². The normalized spacial score (nSPS) is 11.4. The number of benzene rings is 1. The summed E-state index contributed by atoms with van der Waals surface area (Å²) in [5, 5.41) is 0. The summed E-state index contributed by atoms with van der Waals surface area (Å²) in [5.74, 6) is 0.353. The Morgan fingerprint density at radius 2 is 1.81 bits per heavy atom. The number of carbonyl (C=O) groups is 2. The maximum atomic E-state index is 11.0. The zero-order chi connectivity index (χ0) is 15.8. The predicted octanol–water partition coefficient (Wildman–Crippen LogP) is 1.45. The highest BCUT2D eigenvalue weighted by Crippen LogP contribution is 2.31. The van der Waals surface area contributed by atoms with Crippen LogP contribution in [-0.4, -0.2) is 39.5 Å². The molecule has 1 aromatic carbocycles. The molecule has 0 aromatic heterocycles. The fraction of sp³-hybridized carbons (Fsp3) is 0.429. The van der Waals surface area contributed by atoms with Crippen LogP contribution in [0.15, 0.2) is 18.2 Å². The van der Waals surface area contributed by atoms with Crippen molar-refractivity contribution >= 4 is 12.1 Å². The molecule has 7 nitrogen and oxygen atoms in total. The highest BCUT2D eigenvalue weighted by Gasteiger charge is 2.20. The molecule has 0 bridgehead atoms. The van der Waals surface area contributed by atoms with Crippen LogP contribution < -0.4 is 15.2 Å². The summed E-state index contributed by atoms with van der Waals surface area (Å²) < 4.78 is 20.2. The van der Waals surface area contributed by atoms with E-state index >= 15 is 0 Å². The molecular formula is C14H19NO6. The Kier molecular flexibility index (Phi) is 6.32. The smallest absolute Gasteiger partial charge is 0.404 e. The molecule has 0 fully saturated rings. The second-order valence-electron chi connectivity index (χ2n) is 4.24. The minimum atomic E-state index is -0.893. The maximum absolute atomic E-state index is 11.0. The van der Waals surface area contributed by atoms with Gasteiger partial charge in [0, 0.05) is 18.6 Å². The molecular weight excluding hydrogens is 278 g/mol. The Bertz CT molecular complexity index is 484. The van der Waals surface area contributed by atoms with Crippen molar-refractivity contribution in [2.45, 2.75) is 12.8 Å². The van der Waals surface area contributed by atoms with Gasteiger partial charge in [-0.1, -0.05) is 6.07 Å². The maximum Gasteiger partial charge on any atom is 0.404 e. The van der Waals surface area contributed by atoms with Gasteiger partial charge in [-0.2, -0.15) is 0 Å². The minimum Gasteiger partial charge on any atom is -0.497 e. The average molecular weight is 297 g/mol. The lowest BCUT2D eigenvalue weighted by Gasteiger charge is -2.19. The summed E-state index contributed by atoms with van der Waals surface area (Å²) in [6.07, 6.45) is -0.893. The molecule has 1 unspecified atom stereocenters. The summed E-state index contributed by atoms with van der Waals surface area (Å²) in [6, 6.07) is 5.19. The van der Waals surface area contributed by atoms with Crippen LogP contribution in [-0.2, 0) is 14.3 Å². The number of primary amides is 1. The Morgan fingerprint density at radius 1 is 1.14 bits per heavy atom. The number of ether oxygens (including phenoxy) is 4. The Hall–Kier alpha value is -2.44. The minimum absolute atomic E-state index is 0.0225. The first-order valence-electron chi connectivity index (χ1n) is 6.25. The Morgan fingerprint density at radius 3 is 2.33 bits per heavy atom. The Balaban J connectivity index is 2.99. The van der Waals surface area contributed by atoms with E-state index in [1.807, 2.05) is 0 Å². The molecule has 1 rings (SSSR count). The molecule has 0 saturated heterocycles. The van der Waals surface area contributed by atoms with Crippen molar-refractivity contribution in [2.75, 3.05) is 27.4 Å². The van der Waals surface area contributed by atoms with Gasteiger partial charge in [-0.25, -0.2) is 4.79 Å². The zero-order valence-corrected chi connectivity index (χ0v) is 12.3. The highest BCUT2D eigenvalue weighted by atomic mass is 16.6. The molecule has 0 aliphatic carbocycles. The molecule has 21 heavy (non-hydrogen) atoms. The number of nitrogens with two attached hydrogens (primary N) is 1. The largest absolute Gasteiger partial charge is 0.497 e. The van der Waals surface area contributed by atoms with Crippen LogP contribution in [0.5, 0.6) is 11.5 Å². The first kappa shape index (κ1) is 16.6. The predicted molar refractivity (Wildman–Crippen MR) is 74.5 cm³/mol. The SMILES string of the molecule is COc1ccc(C(COC(C)=O)COC(N)=O)c(OC)c1. The van der Waals surface area contributed by atoms with Gasteiger partial charge in [0.1, 0.15) is 24.7 Å². The van der Waals surface area contributed by atoms with E-state index in [1.165, 1.54) is 14.0 Å². The van der Waals surface area contributed by atoms with E-state index in [2.05, 4.69) is 0 Å². The van der Waals surface area contributed by atoms with Gasteiger partial charge in [0.25, 0.3) is 0 Å². The number of hydrogen-bond acceptors (Lipinski definition) is 6. The van der Waals surface area contributed by atoms with Crippen molar-refractivity contribution in [3.8, 4) is 11.5 Å². The van der Waals surface area contributed by atoms with Crippen LogP contribution in [0.3, 0.4) is 0 Å². The van der Waals surface area contributed by atoms with Gasteiger partial charge in [0.05, 0.1) is 20.1 Å². The molecule has 0 radical (unpaired) electrons. The van der Waals surface area contributed by atoms with Crippen LogP contribution in [0.2, 0.25) is 0 Å². The van der Waals surface area contributed by atoms with Gasteiger partial charge in [-0.15, -0.1) is 0 Å². The van der Waals surface area contributed by atoms with Crippen LogP contribution in [0.4, 0.5) is 4.79 Å². The third-order valence-corrected chi connectivity index (χ3v) is 2.80. The van der Waals surface area contributed by atoms with Crippen molar-refractivity contribution in [3.05, 3.63) is 23.8 Å². The summed E-state index contributed by atoms with van der Waals surface area (Å²) in [5.41, 5.74) is 5.69. The first-order valence-corrected chi connectivity index (χ1v) is 6.25. The number of hydrogen-bond donors (Lipinski definition) is 1. The lowest BCUT2D eigenvalue weighted by molar-refractivity contribution is -0.141. The van der Waals surface area contributed by atoms with Crippen molar-refractivity contribution in [1.82, 2.24) is 0 Å². The van der Waals surface area contributed by atoms with Crippen LogP contribution in [0.1, 0.15) is 18.4 Å². The second-order valence-corrected chi connectivity index (χ2v) is 4.24. The molecule has 0 aliphatic rings. The van der Waals surface area contributed by atoms with Gasteiger partial charge in [0.15, 0.2) is 0 Å². The van der Waals surface area contributed by atoms with Crippen LogP contribution in [0, 0.1) is 0 Å². The third kappa shape index (κ3) is 5.21. The van der Waals surface area contributed by atoms with Gasteiger partial charge < -0.3 is 24.7 Å². The molecule has 0 heterocycles. The van der Waals surface area contributed by atoms with Gasteiger partial charge >= 0.3 is 12.1 Å². The number of amides is 1. The van der Waals surface area contributed by atoms with E-state index in [9.17, 15) is 9.59 Å². The lowest BCUT2D eigenvalue weighted by Crippen LogP contribution is -2.22. The van der Waals surface area contributed by atoms with E-state index in [4.69, 9.17) is 24.7 Å². The quantitative estimate of drug-likeness (QED) is 0.765. The van der Waals surface area contributed by atoms with E-state index in [0.717, 1.165) is 5.56 Å². The summed E-state index contributed by atoms with van der Waals surface area (Å²) in [7, 11) is 3.05. The molecule has 0 aliphatic heterocycles. The number of esters is 1. The molecule has 1 amide bonds. The van der Waals surface area contributed by atoms with Gasteiger partial charge in [0.2, 0.25) is 0 Å². The standard InChI is InChI=1S/C14H19NO6/c1-9(16)20-7-10(8-21-14(15)17)12-5-4-11(18-2)6-13(12)19-3/h4-6,10H,7-8H2,1-3H3,(H2,15,17). The summed E-state index contributed by atoms with van der Waals surface area (Å²) in [6.45, 7) is 1.33. The number of methoxy groups -OCH3 is 2. The molecule has 0 saturated carbocycles. The fourth-order valence-electron chi connectivity index (χ4n) is 1.78. The molecule has 0 spiro atoms. The molecule has 116 valence electrons. The molecule has 7 heteroatoms. The lowest BCUT2D eigenvalue weighted by atomic mass is 9.99. The van der Waals surface area contributed by atoms with Gasteiger partial charge in [-0.3, -0.25) is 4.79 Å². The average Bonchev–Trinajstić information content (AvgIpc) is 2.46.